The maximum Gasteiger partial charge on any atom is 0.262 e. The summed E-state index contributed by atoms with van der Waals surface area (Å²) in [7, 11) is 0. The summed E-state index contributed by atoms with van der Waals surface area (Å²) in [6.45, 7) is 2.09. The van der Waals surface area contributed by atoms with E-state index >= 15 is 0 Å². The standard InChI is InChI=1S/C13H15N3O4/c1-8(17)14-4-5-15-13(19)9-2-3-11-10(6-9)16-12(18)7-20-11/h2-3,6H,4-5,7H2,1H3,(H,14,17)(H,15,19)(H,16,18). The summed E-state index contributed by atoms with van der Waals surface area (Å²) in [6, 6.07) is 4.81. The fraction of sp³-hybridized carbons (Fsp3) is 0.308. The molecule has 0 aliphatic carbocycles. The first-order valence-corrected chi connectivity index (χ1v) is 6.15. The van der Waals surface area contributed by atoms with Gasteiger partial charge in [0.25, 0.3) is 11.8 Å². The highest BCUT2D eigenvalue weighted by molar-refractivity contribution is 5.99. The third-order valence-electron chi connectivity index (χ3n) is 2.66. The van der Waals surface area contributed by atoms with Gasteiger partial charge in [-0.2, -0.15) is 0 Å². The zero-order chi connectivity index (χ0) is 14.5. The number of hydrogen-bond donors (Lipinski definition) is 3. The molecule has 1 aromatic carbocycles. The van der Waals surface area contributed by atoms with Crippen molar-refractivity contribution in [3.8, 4) is 5.75 Å². The topological polar surface area (TPSA) is 96.5 Å². The minimum Gasteiger partial charge on any atom is -0.482 e. The van der Waals surface area contributed by atoms with Crippen molar-refractivity contribution in [1.29, 1.82) is 0 Å². The van der Waals surface area contributed by atoms with E-state index in [1.165, 1.54) is 6.92 Å². The van der Waals surface area contributed by atoms with E-state index in [2.05, 4.69) is 16.0 Å². The first kappa shape index (κ1) is 13.9. The fourth-order valence-corrected chi connectivity index (χ4v) is 1.74. The summed E-state index contributed by atoms with van der Waals surface area (Å²) in [5, 5.41) is 7.88. The van der Waals surface area contributed by atoms with E-state index < -0.39 is 0 Å². The lowest BCUT2D eigenvalue weighted by atomic mass is 10.1. The zero-order valence-corrected chi connectivity index (χ0v) is 11.0. The van der Waals surface area contributed by atoms with Gasteiger partial charge in [0.15, 0.2) is 6.61 Å². The molecular weight excluding hydrogens is 262 g/mol. The van der Waals surface area contributed by atoms with Crippen molar-refractivity contribution < 1.29 is 19.1 Å². The van der Waals surface area contributed by atoms with Gasteiger partial charge in [-0.15, -0.1) is 0 Å². The summed E-state index contributed by atoms with van der Waals surface area (Å²) in [5.41, 5.74) is 0.896. The molecule has 0 saturated carbocycles. The van der Waals surface area contributed by atoms with Crippen molar-refractivity contribution in [3.63, 3.8) is 0 Å². The van der Waals surface area contributed by atoms with Gasteiger partial charge in [0, 0.05) is 25.6 Å². The van der Waals surface area contributed by atoms with Crippen molar-refractivity contribution in [1.82, 2.24) is 10.6 Å². The molecule has 7 nitrogen and oxygen atoms in total. The minimum atomic E-state index is -0.280. The Morgan fingerprint density at radius 1 is 1.30 bits per heavy atom. The summed E-state index contributed by atoms with van der Waals surface area (Å²) >= 11 is 0. The van der Waals surface area contributed by atoms with E-state index in [9.17, 15) is 14.4 Å². The van der Waals surface area contributed by atoms with Gasteiger partial charge in [-0.05, 0) is 18.2 Å². The highest BCUT2D eigenvalue weighted by Crippen LogP contribution is 2.28. The molecule has 2 rings (SSSR count). The monoisotopic (exact) mass is 277 g/mol. The Bertz CT molecular complexity index is 557. The number of fused-ring (bicyclic) bond motifs is 1. The van der Waals surface area contributed by atoms with E-state index in [4.69, 9.17) is 4.74 Å². The lowest BCUT2D eigenvalue weighted by Crippen LogP contribution is -2.33. The van der Waals surface area contributed by atoms with Gasteiger partial charge in [0.1, 0.15) is 5.75 Å². The first-order chi connectivity index (χ1) is 9.56. The molecule has 0 unspecified atom stereocenters. The number of ether oxygens (including phenoxy) is 1. The van der Waals surface area contributed by atoms with Crippen LogP contribution in [0.15, 0.2) is 18.2 Å². The molecule has 1 heterocycles. The Morgan fingerprint density at radius 3 is 2.80 bits per heavy atom. The molecule has 0 aromatic heterocycles. The van der Waals surface area contributed by atoms with Crippen LogP contribution in [-0.4, -0.2) is 37.4 Å². The molecule has 1 aliphatic rings. The van der Waals surface area contributed by atoms with Crippen molar-refractivity contribution in [2.75, 3.05) is 25.0 Å². The molecule has 3 amide bonds. The number of amides is 3. The maximum absolute atomic E-state index is 11.9. The van der Waals surface area contributed by atoms with Crippen molar-refractivity contribution >= 4 is 23.4 Å². The molecule has 1 aromatic rings. The SMILES string of the molecule is CC(=O)NCCNC(=O)c1ccc2c(c1)NC(=O)CO2. The number of rotatable bonds is 4. The van der Waals surface area contributed by atoms with Crippen LogP contribution in [-0.2, 0) is 9.59 Å². The minimum absolute atomic E-state index is 0.0186. The van der Waals surface area contributed by atoms with Crippen LogP contribution in [0.2, 0.25) is 0 Å². The maximum atomic E-state index is 11.9. The second-order valence-electron chi connectivity index (χ2n) is 4.29. The van der Waals surface area contributed by atoms with Crippen LogP contribution in [0.3, 0.4) is 0 Å². The molecule has 0 saturated heterocycles. The van der Waals surface area contributed by atoms with E-state index in [1.54, 1.807) is 18.2 Å². The third kappa shape index (κ3) is 3.47. The Balaban J connectivity index is 1.95. The van der Waals surface area contributed by atoms with Crippen LogP contribution < -0.4 is 20.7 Å². The van der Waals surface area contributed by atoms with Crippen molar-refractivity contribution in [2.45, 2.75) is 6.92 Å². The van der Waals surface area contributed by atoms with E-state index in [1.807, 2.05) is 0 Å². The number of hydrogen-bond acceptors (Lipinski definition) is 4. The Hall–Kier alpha value is -2.57. The summed E-state index contributed by atoms with van der Waals surface area (Å²) in [6.07, 6.45) is 0. The van der Waals surface area contributed by atoms with Crippen LogP contribution in [0.5, 0.6) is 5.75 Å². The quantitative estimate of drug-likeness (QED) is 0.669. The Labute approximate surface area is 115 Å². The van der Waals surface area contributed by atoms with Gasteiger partial charge in [-0.1, -0.05) is 0 Å². The molecule has 7 heteroatoms. The highest BCUT2D eigenvalue weighted by Gasteiger charge is 2.17. The fourth-order valence-electron chi connectivity index (χ4n) is 1.74. The van der Waals surface area contributed by atoms with Crippen LogP contribution >= 0.6 is 0 Å². The van der Waals surface area contributed by atoms with E-state index in [-0.39, 0.29) is 24.3 Å². The molecule has 0 radical (unpaired) electrons. The number of anilines is 1. The normalized spacial score (nSPS) is 12.8. The number of benzene rings is 1. The van der Waals surface area contributed by atoms with E-state index in [0.29, 0.717) is 30.1 Å². The largest absolute Gasteiger partial charge is 0.482 e. The summed E-state index contributed by atoms with van der Waals surface area (Å²) in [4.78, 5) is 33.8. The smallest absolute Gasteiger partial charge is 0.262 e. The highest BCUT2D eigenvalue weighted by atomic mass is 16.5. The van der Waals surface area contributed by atoms with Crippen molar-refractivity contribution in [2.24, 2.45) is 0 Å². The second-order valence-corrected chi connectivity index (χ2v) is 4.29. The molecule has 20 heavy (non-hydrogen) atoms. The average molecular weight is 277 g/mol. The molecule has 0 fully saturated rings. The zero-order valence-electron chi connectivity index (χ0n) is 11.0. The molecular formula is C13H15N3O4. The second kappa shape index (κ2) is 6.05. The van der Waals surface area contributed by atoms with Crippen LogP contribution in [0, 0.1) is 0 Å². The molecule has 0 atom stereocenters. The van der Waals surface area contributed by atoms with Crippen LogP contribution in [0.4, 0.5) is 5.69 Å². The summed E-state index contributed by atoms with van der Waals surface area (Å²) < 4.78 is 5.20. The van der Waals surface area contributed by atoms with Gasteiger partial charge in [0.05, 0.1) is 5.69 Å². The van der Waals surface area contributed by atoms with Gasteiger partial charge in [0.2, 0.25) is 5.91 Å². The predicted octanol–water partition coefficient (Wildman–Crippen LogP) is -0.117. The third-order valence-corrected chi connectivity index (χ3v) is 2.66. The number of nitrogens with one attached hydrogen (secondary N) is 3. The molecule has 106 valence electrons. The van der Waals surface area contributed by atoms with Crippen LogP contribution in [0.25, 0.3) is 0 Å². The molecule has 0 bridgehead atoms. The lowest BCUT2D eigenvalue weighted by Gasteiger charge is -2.18. The number of carbonyl (C=O) groups is 3. The number of carbonyl (C=O) groups excluding carboxylic acids is 3. The Morgan fingerprint density at radius 2 is 2.05 bits per heavy atom. The Kier molecular flexibility index (Phi) is 4.19. The first-order valence-electron chi connectivity index (χ1n) is 6.15. The molecule has 3 N–H and O–H groups in total. The van der Waals surface area contributed by atoms with Crippen LogP contribution in [0.1, 0.15) is 17.3 Å². The van der Waals surface area contributed by atoms with Gasteiger partial charge in [-0.25, -0.2) is 0 Å². The lowest BCUT2D eigenvalue weighted by molar-refractivity contribution is -0.119. The van der Waals surface area contributed by atoms with Gasteiger partial charge >= 0.3 is 0 Å². The summed E-state index contributed by atoms with van der Waals surface area (Å²) in [5.74, 6) is -0.133. The van der Waals surface area contributed by atoms with E-state index in [0.717, 1.165) is 0 Å². The predicted molar refractivity (Wildman–Crippen MR) is 71.6 cm³/mol. The van der Waals surface area contributed by atoms with Gasteiger partial charge < -0.3 is 20.7 Å². The average Bonchev–Trinajstić information content (AvgIpc) is 2.42. The molecule has 0 spiro atoms. The molecule has 1 aliphatic heterocycles. The van der Waals surface area contributed by atoms with Gasteiger partial charge in [-0.3, -0.25) is 14.4 Å². The van der Waals surface area contributed by atoms with Crippen molar-refractivity contribution in [3.05, 3.63) is 23.8 Å².